The Kier molecular flexibility index (Phi) is 4.42. The van der Waals surface area contributed by atoms with Gasteiger partial charge in [0, 0.05) is 32.0 Å². The highest BCUT2D eigenvalue weighted by molar-refractivity contribution is 5.99. The van der Waals surface area contributed by atoms with Gasteiger partial charge in [-0.05, 0) is 19.0 Å². The van der Waals surface area contributed by atoms with Crippen LogP contribution in [-0.2, 0) is 4.74 Å². The number of carbonyl (C=O) groups excluding carboxylic acids is 1. The van der Waals surface area contributed by atoms with E-state index in [1.54, 1.807) is 29.2 Å². The van der Waals surface area contributed by atoms with Crippen molar-refractivity contribution in [3.8, 4) is 0 Å². The highest BCUT2D eigenvalue weighted by atomic mass is 16.5. The topological polar surface area (TPSA) is 71.8 Å². The van der Waals surface area contributed by atoms with Crippen LogP contribution in [0.15, 0.2) is 24.7 Å². The number of amides is 1. The molecule has 1 fully saturated rings. The summed E-state index contributed by atoms with van der Waals surface area (Å²) in [6, 6.07) is 1.78. The molecule has 0 spiro atoms. The molecule has 0 aromatic carbocycles. The van der Waals surface area contributed by atoms with E-state index in [0.29, 0.717) is 17.8 Å². The van der Waals surface area contributed by atoms with Crippen molar-refractivity contribution in [2.45, 2.75) is 6.42 Å². The van der Waals surface area contributed by atoms with Gasteiger partial charge in [-0.1, -0.05) is 0 Å². The van der Waals surface area contributed by atoms with Crippen molar-refractivity contribution in [3.63, 3.8) is 0 Å². The number of carbonyl (C=O) groups is 1. The minimum atomic E-state index is -0.120. The van der Waals surface area contributed by atoms with Gasteiger partial charge < -0.3 is 10.1 Å². The van der Waals surface area contributed by atoms with Crippen LogP contribution in [0.25, 0.3) is 5.65 Å². The molecule has 7 heteroatoms. The number of morpholine rings is 1. The summed E-state index contributed by atoms with van der Waals surface area (Å²) in [6.07, 6.45) is 5.92. The molecule has 0 aliphatic carbocycles. The van der Waals surface area contributed by atoms with Crippen molar-refractivity contribution in [1.82, 2.24) is 24.8 Å². The van der Waals surface area contributed by atoms with E-state index in [-0.39, 0.29) is 5.91 Å². The lowest BCUT2D eigenvalue weighted by Gasteiger charge is -2.26. The average Bonchev–Trinajstić information content (AvgIpc) is 2.96. The maximum absolute atomic E-state index is 12.1. The first-order valence-electron chi connectivity index (χ1n) is 7.21. The van der Waals surface area contributed by atoms with Gasteiger partial charge in [0.05, 0.1) is 19.4 Å². The fourth-order valence-electron chi connectivity index (χ4n) is 2.41. The molecule has 1 saturated heterocycles. The van der Waals surface area contributed by atoms with Crippen molar-refractivity contribution in [3.05, 3.63) is 30.2 Å². The first kappa shape index (κ1) is 14.0. The highest BCUT2D eigenvalue weighted by Crippen LogP contribution is 2.06. The predicted molar refractivity (Wildman–Crippen MR) is 77.2 cm³/mol. The van der Waals surface area contributed by atoms with Crippen LogP contribution in [0.5, 0.6) is 0 Å². The molecule has 2 aromatic rings. The maximum Gasteiger partial charge on any atom is 0.256 e. The second-order valence-corrected chi connectivity index (χ2v) is 5.01. The summed E-state index contributed by atoms with van der Waals surface area (Å²) in [4.78, 5) is 18.7. The summed E-state index contributed by atoms with van der Waals surface area (Å²) in [5, 5.41) is 7.04. The summed E-state index contributed by atoms with van der Waals surface area (Å²) in [6.45, 7) is 5.20. The van der Waals surface area contributed by atoms with Gasteiger partial charge in [-0.15, -0.1) is 0 Å². The van der Waals surface area contributed by atoms with Gasteiger partial charge in [-0.2, -0.15) is 5.10 Å². The average molecular weight is 289 g/mol. The van der Waals surface area contributed by atoms with Crippen molar-refractivity contribution >= 4 is 11.6 Å². The van der Waals surface area contributed by atoms with Crippen LogP contribution in [0.3, 0.4) is 0 Å². The molecule has 0 unspecified atom stereocenters. The molecule has 0 saturated carbocycles. The van der Waals surface area contributed by atoms with Gasteiger partial charge in [0.25, 0.3) is 5.91 Å². The van der Waals surface area contributed by atoms with Crippen LogP contribution in [0.2, 0.25) is 0 Å². The zero-order valence-electron chi connectivity index (χ0n) is 11.9. The number of hydrogen-bond donors (Lipinski definition) is 1. The maximum atomic E-state index is 12.1. The SMILES string of the molecule is O=C(NCCCN1CCOCC1)c1cnn2cccnc12. The molecule has 0 radical (unpaired) electrons. The summed E-state index contributed by atoms with van der Waals surface area (Å²) < 4.78 is 6.91. The molecule has 0 bridgehead atoms. The molecule has 112 valence electrons. The number of fused-ring (bicyclic) bond motifs is 1. The van der Waals surface area contributed by atoms with E-state index in [2.05, 4.69) is 20.3 Å². The van der Waals surface area contributed by atoms with E-state index >= 15 is 0 Å². The van der Waals surface area contributed by atoms with E-state index in [1.807, 2.05) is 0 Å². The third-order valence-electron chi connectivity index (χ3n) is 3.56. The lowest BCUT2D eigenvalue weighted by atomic mass is 10.3. The number of ether oxygens (including phenoxy) is 1. The molecular formula is C14H19N5O2. The van der Waals surface area contributed by atoms with Crippen LogP contribution in [0.1, 0.15) is 16.8 Å². The van der Waals surface area contributed by atoms with Crippen molar-refractivity contribution in [2.24, 2.45) is 0 Å². The smallest absolute Gasteiger partial charge is 0.256 e. The van der Waals surface area contributed by atoms with E-state index in [1.165, 1.54) is 0 Å². The number of nitrogens with one attached hydrogen (secondary N) is 1. The Morgan fingerprint density at radius 1 is 1.38 bits per heavy atom. The molecule has 1 amide bonds. The Labute approximate surface area is 122 Å². The zero-order valence-corrected chi connectivity index (χ0v) is 11.9. The Hall–Kier alpha value is -1.99. The normalized spacial score (nSPS) is 16.2. The first-order chi connectivity index (χ1) is 10.3. The molecule has 21 heavy (non-hydrogen) atoms. The minimum Gasteiger partial charge on any atom is -0.379 e. The molecule has 2 aromatic heterocycles. The molecule has 1 N–H and O–H groups in total. The lowest BCUT2D eigenvalue weighted by Crippen LogP contribution is -2.38. The fourth-order valence-corrected chi connectivity index (χ4v) is 2.41. The molecule has 3 heterocycles. The largest absolute Gasteiger partial charge is 0.379 e. The third-order valence-corrected chi connectivity index (χ3v) is 3.56. The van der Waals surface area contributed by atoms with Crippen molar-refractivity contribution < 1.29 is 9.53 Å². The summed E-state index contributed by atoms with van der Waals surface area (Å²) in [5.41, 5.74) is 1.10. The van der Waals surface area contributed by atoms with E-state index < -0.39 is 0 Å². The molecule has 3 rings (SSSR count). The summed E-state index contributed by atoms with van der Waals surface area (Å²) >= 11 is 0. The molecule has 0 atom stereocenters. The monoisotopic (exact) mass is 289 g/mol. The van der Waals surface area contributed by atoms with E-state index in [9.17, 15) is 4.79 Å². The molecular weight excluding hydrogens is 270 g/mol. The van der Waals surface area contributed by atoms with Crippen LogP contribution in [-0.4, -0.2) is 64.8 Å². The van der Waals surface area contributed by atoms with Crippen LogP contribution in [0.4, 0.5) is 0 Å². The predicted octanol–water partition coefficient (Wildman–Crippen LogP) is 0.181. The van der Waals surface area contributed by atoms with Gasteiger partial charge in [0.2, 0.25) is 0 Å². The summed E-state index contributed by atoms with van der Waals surface area (Å²) in [5.74, 6) is -0.120. The van der Waals surface area contributed by atoms with Gasteiger partial charge in [-0.3, -0.25) is 9.69 Å². The number of nitrogens with zero attached hydrogens (tertiary/aromatic N) is 4. The van der Waals surface area contributed by atoms with Crippen molar-refractivity contribution in [2.75, 3.05) is 39.4 Å². The number of hydrogen-bond acceptors (Lipinski definition) is 5. The standard InChI is InChI=1S/C14H19N5O2/c20-14(12-11-17-19-6-2-3-15-13(12)19)16-4-1-5-18-7-9-21-10-8-18/h2-3,6,11H,1,4-5,7-10H2,(H,16,20). The molecule has 1 aliphatic heterocycles. The second-order valence-electron chi connectivity index (χ2n) is 5.01. The van der Waals surface area contributed by atoms with Crippen LogP contribution < -0.4 is 5.32 Å². The number of aromatic nitrogens is 3. The van der Waals surface area contributed by atoms with Gasteiger partial charge >= 0.3 is 0 Å². The first-order valence-corrected chi connectivity index (χ1v) is 7.21. The zero-order chi connectivity index (χ0) is 14.5. The lowest BCUT2D eigenvalue weighted by molar-refractivity contribution is 0.0374. The Morgan fingerprint density at radius 3 is 3.10 bits per heavy atom. The Bertz CT molecular complexity index is 606. The second kappa shape index (κ2) is 6.64. The van der Waals surface area contributed by atoms with Crippen LogP contribution >= 0.6 is 0 Å². The van der Waals surface area contributed by atoms with E-state index in [0.717, 1.165) is 39.3 Å². The number of rotatable bonds is 5. The minimum absolute atomic E-state index is 0.120. The van der Waals surface area contributed by atoms with Gasteiger partial charge in [0.1, 0.15) is 5.56 Å². The van der Waals surface area contributed by atoms with E-state index in [4.69, 9.17) is 4.74 Å². The third kappa shape index (κ3) is 3.37. The summed E-state index contributed by atoms with van der Waals surface area (Å²) in [7, 11) is 0. The quantitative estimate of drug-likeness (QED) is 0.795. The Morgan fingerprint density at radius 2 is 2.24 bits per heavy atom. The van der Waals surface area contributed by atoms with Gasteiger partial charge in [-0.25, -0.2) is 9.50 Å². The molecule has 1 aliphatic rings. The fraction of sp³-hybridized carbons (Fsp3) is 0.500. The molecule has 7 nitrogen and oxygen atoms in total. The Balaban J connectivity index is 1.48. The van der Waals surface area contributed by atoms with Crippen molar-refractivity contribution in [1.29, 1.82) is 0 Å². The van der Waals surface area contributed by atoms with Crippen LogP contribution in [0, 0.1) is 0 Å². The van der Waals surface area contributed by atoms with Gasteiger partial charge in [0.15, 0.2) is 5.65 Å². The highest BCUT2D eigenvalue weighted by Gasteiger charge is 2.13.